The van der Waals surface area contributed by atoms with Gasteiger partial charge in [0.15, 0.2) is 5.43 Å². The van der Waals surface area contributed by atoms with Crippen molar-refractivity contribution in [3.8, 4) is 17.0 Å². The summed E-state index contributed by atoms with van der Waals surface area (Å²) in [6.07, 6.45) is 4.87. The monoisotopic (exact) mass is 354 g/mol. The van der Waals surface area contributed by atoms with Gasteiger partial charge in [-0.15, -0.1) is 6.58 Å². The molecule has 1 aromatic carbocycles. The maximum absolute atomic E-state index is 12.2. The van der Waals surface area contributed by atoms with E-state index in [1.165, 1.54) is 12.3 Å². The molecule has 1 aliphatic heterocycles. The Hall–Kier alpha value is -3.02. The highest BCUT2D eigenvalue weighted by Crippen LogP contribution is 2.39. The fraction of sp³-hybridized carbons (Fsp3) is 0.300. The van der Waals surface area contributed by atoms with Crippen LogP contribution in [0.1, 0.15) is 35.3 Å². The quantitative estimate of drug-likeness (QED) is 0.614. The lowest BCUT2D eigenvalue weighted by Crippen LogP contribution is -2.24. The summed E-state index contributed by atoms with van der Waals surface area (Å²) in [4.78, 5) is 23.5. The minimum absolute atomic E-state index is 0.0469. The minimum atomic E-state index is -1.21. The molecule has 0 unspecified atom stereocenters. The first kappa shape index (κ1) is 17.8. The van der Waals surface area contributed by atoms with E-state index < -0.39 is 11.4 Å². The maximum atomic E-state index is 12.2. The SMILES string of the molecule is C=CCCNc1cc2c(cc1OC)-c1cc(=O)c(C(=O)O)cn1[C@@H](C)C2. The van der Waals surface area contributed by atoms with Gasteiger partial charge in [0.05, 0.1) is 18.5 Å². The third-order valence-corrected chi connectivity index (χ3v) is 4.67. The first-order valence-corrected chi connectivity index (χ1v) is 8.51. The summed E-state index contributed by atoms with van der Waals surface area (Å²) in [5.41, 5.74) is 2.91. The molecule has 2 N–H and O–H groups in total. The molecule has 1 atom stereocenters. The van der Waals surface area contributed by atoms with Crippen LogP contribution in [0.3, 0.4) is 0 Å². The molecule has 26 heavy (non-hydrogen) atoms. The molecule has 2 aromatic rings. The molecule has 3 rings (SSSR count). The van der Waals surface area contributed by atoms with Crippen LogP contribution in [0.5, 0.6) is 5.75 Å². The number of carboxylic acids is 1. The Morgan fingerprint density at radius 1 is 1.46 bits per heavy atom. The molecular weight excluding hydrogens is 332 g/mol. The highest BCUT2D eigenvalue weighted by atomic mass is 16.5. The zero-order valence-electron chi connectivity index (χ0n) is 14.9. The van der Waals surface area contributed by atoms with Crippen molar-refractivity contribution in [2.75, 3.05) is 19.0 Å². The van der Waals surface area contributed by atoms with Crippen LogP contribution in [0, 0.1) is 0 Å². The molecule has 0 radical (unpaired) electrons. The van der Waals surface area contributed by atoms with Gasteiger partial charge in [-0.05, 0) is 37.5 Å². The lowest BCUT2D eigenvalue weighted by molar-refractivity contribution is 0.0694. The van der Waals surface area contributed by atoms with Crippen LogP contribution < -0.4 is 15.5 Å². The molecule has 0 bridgehead atoms. The second-order valence-electron chi connectivity index (χ2n) is 6.42. The van der Waals surface area contributed by atoms with Gasteiger partial charge in [-0.2, -0.15) is 0 Å². The summed E-state index contributed by atoms with van der Waals surface area (Å²) in [5.74, 6) is -0.522. The lowest BCUT2D eigenvalue weighted by atomic mass is 9.92. The van der Waals surface area contributed by atoms with Crippen molar-refractivity contribution in [1.29, 1.82) is 0 Å². The van der Waals surface area contributed by atoms with Gasteiger partial charge < -0.3 is 19.7 Å². The summed E-state index contributed by atoms with van der Waals surface area (Å²) in [7, 11) is 1.60. The number of hydrogen-bond donors (Lipinski definition) is 2. The third-order valence-electron chi connectivity index (χ3n) is 4.67. The summed E-state index contributed by atoms with van der Waals surface area (Å²) in [5, 5.41) is 12.6. The number of methoxy groups -OCH3 is 1. The van der Waals surface area contributed by atoms with E-state index in [2.05, 4.69) is 11.9 Å². The minimum Gasteiger partial charge on any atom is -0.495 e. The van der Waals surface area contributed by atoms with Crippen LogP contribution in [-0.4, -0.2) is 29.3 Å². The number of carboxylic acid groups (broad SMARTS) is 1. The number of ether oxygens (including phenoxy) is 1. The number of pyridine rings is 1. The molecule has 2 heterocycles. The van der Waals surface area contributed by atoms with E-state index in [1.54, 1.807) is 7.11 Å². The van der Waals surface area contributed by atoms with Crippen LogP contribution in [0.15, 0.2) is 41.8 Å². The summed E-state index contributed by atoms with van der Waals surface area (Å²) >= 11 is 0. The molecule has 0 saturated carbocycles. The Labute approximate surface area is 151 Å². The van der Waals surface area contributed by atoms with Crippen molar-refractivity contribution in [2.24, 2.45) is 0 Å². The Morgan fingerprint density at radius 2 is 2.23 bits per heavy atom. The molecule has 1 aromatic heterocycles. The largest absolute Gasteiger partial charge is 0.495 e. The summed E-state index contributed by atoms with van der Waals surface area (Å²) in [6.45, 7) is 6.49. The Kier molecular flexibility index (Phi) is 4.84. The fourth-order valence-electron chi connectivity index (χ4n) is 3.36. The first-order valence-electron chi connectivity index (χ1n) is 8.51. The molecule has 136 valence electrons. The Morgan fingerprint density at radius 3 is 2.88 bits per heavy atom. The average molecular weight is 354 g/mol. The van der Waals surface area contributed by atoms with Gasteiger partial charge in [0, 0.05) is 30.4 Å². The van der Waals surface area contributed by atoms with Crippen LogP contribution in [0.2, 0.25) is 0 Å². The summed E-state index contributed by atoms with van der Waals surface area (Å²) < 4.78 is 7.36. The predicted octanol–water partition coefficient (Wildman–Crippen LogP) is 3.33. The molecule has 6 nitrogen and oxygen atoms in total. The van der Waals surface area contributed by atoms with Crippen LogP contribution in [-0.2, 0) is 6.42 Å². The zero-order valence-corrected chi connectivity index (χ0v) is 14.9. The Balaban J connectivity index is 2.13. The average Bonchev–Trinajstić information content (AvgIpc) is 2.61. The van der Waals surface area contributed by atoms with E-state index in [-0.39, 0.29) is 11.6 Å². The number of benzene rings is 1. The first-order chi connectivity index (χ1) is 12.5. The molecular formula is C20H22N2O4. The van der Waals surface area contributed by atoms with Crippen LogP contribution in [0.4, 0.5) is 5.69 Å². The van der Waals surface area contributed by atoms with Gasteiger partial charge in [-0.25, -0.2) is 4.79 Å². The second-order valence-corrected chi connectivity index (χ2v) is 6.42. The van der Waals surface area contributed by atoms with E-state index in [9.17, 15) is 14.7 Å². The van der Waals surface area contributed by atoms with Gasteiger partial charge in [-0.1, -0.05) is 6.08 Å². The smallest absolute Gasteiger partial charge is 0.341 e. The second kappa shape index (κ2) is 7.07. The molecule has 0 fully saturated rings. The maximum Gasteiger partial charge on any atom is 0.341 e. The van der Waals surface area contributed by atoms with Crippen molar-refractivity contribution in [2.45, 2.75) is 25.8 Å². The number of nitrogens with one attached hydrogen (secondary N) is 1. The van der Waals surface area contributed by atoms with Crippen molar-refractivity contribution in [3.05, 3.63) is 58.4 Å². The highest BCUT2D eigenvalue weighted by molar-refractivity contribution is 5.88. The fourth-order valence-corrected chi connectivity index (χ4v) is 3.36. The Bertz CT molecular complexity index is 930. The van der Waals surface area contributed by atoms with E-state index in [0.717, 1.165) is 36.2 Å². The summed E-state index contributed by atoms with van der Waals surface area (Å²) in [6, 6.07) is 5.41. The molecule has 0 aliphatic carbocycles. The van der Waals surface area contributed by atoms with E-state index in [0.29, 0.717) is 11.4 Å². The molecule has 1 aliphatic rings. The highest BCUT2D eigenvalue weighted by Gasteiger charge is 2.25. The van der Waals surface area contributed by atoms with Crippen molar-refractivity contribution >= 4 is 11.7 Å². The third kappa shape index (κ3) is 3.10. The van der Waals surface area contributed by atoms with Crippen molar-refractivity contribution in [1.82, 2.24) is 4.57 Å². The number of aromatic nitrogens is 1. The number of fused-ring (bicyclic) bond motifs is 3. The predicted molar refractivity (Wildman–Crippen MR) is 101 cm³/mol. The van der Waals surface area contributed by atoms with E-state index >= 15 is 0 Å². The van der Waals surface area contributed by atoms with Gasteiger partial charge in [0.2, 0.25) is 0 Å². The molecule has 0 saturated heterocycles. The molecule has 6 heteroatoms. The van der Waals surface area contributed by atoms with Gasteiger partial charge in [0.1, 0.15) is 11.3 Å². The number of nitrogens with zero attached hydrogens (tertiary/aromatic N) is 1. The van der Waals surface area contributed by atoms with Crippen molar-refractivity contribution < 1.29 is 14.6 Å². The number of carbonyl (C=O) groups is 1. The molecule has 0 spiro atoms. The topological polar surface area (TPSA) is 80.6 Å². The lowest BCUT2D eigenvalue weighted by Gasteiger charge is -2.29. The zero-order chi connectivity index (χ0) is 18.8. The van der Waals surface area contributed by atoms with E-state index in [4.69, 9.17) is 4.74 Å². The normalized spacial score (nSPS) is 14.9. The van der Waals surface area contributed by atoms with E-state index in [1.807, 2.05) is 29.7 Å². The van der Waals surface area contributed by atoms with Gasteiger partial charge in [-0.3, -0.25) is 4.79 Å². The van der Waals surface area contributed by atoms with Crippen LogP contribution >= 0.6 is 0 Å². The van der Waals surface area contributed by atoms with Gasteiger partial charge >= 0.3 is 5.97 Å². The molecule has 0 amide bonds. The number of rotatable bonds is 6. The van der Waals surface area contributed by atoms with Crippen LogP contribution in [0.25, 0.3) is 11.3 Å². The number of anilines is 1. The number of hydrogen-bond acceptors (Lipinski definition) is 4. The number of aromatic carboxylic acids is 1. The van der Waals surface area contributed by atoms with Crippen molar-refractivity contribution in [3.63, 3.8) is 0 Å². The van der Waals surface area contributed by atoms with Gasteiger partial charge in [0.25, 0.3) is 0 Å². The standard InChI is InChI=1S/C20H22N2O4/c1-4-5-6-21-16-8-13-7-12(2)22-11-15(20(24)25)18(23)10-17(22)14(13)9-19(16)26-3/h4,8-12,21H,1,5-7H2,2-3H3,(H,24,25)/t12-/m0/s1.